The van der Waals surface area contributed by atoms with Crippen molar-refractivity contribution in [1.82, 2.24) is 0 Å². The normalized spacial score (nSPS) is 18.5. The van der Waals surface area contributed by atoms with Gasteiger partial charge in [0.2, 0.25) is 6.79 Å². The average molecular weight is 85.1 g/mol. The topological polar surface area (TPSA) is 18.5 Å². The fraction of sp³-hybridized carbons (Fsp3) is 0.250. The molecule has 0 aromatic carbocycles. The first-order valence-corrected chi connectivity index (χ1v) is 1.66. The van der Waals surface area contributed by atoms with Crippen LogP contribution in [0.2, 0.25) is 0 Å². The summed E-state index contributed by atoms with van der Waals surface area (Å²) in [4.78, 5) is 0. The van der Waals surface area contributed by atoms with Crippen LogP contribution in [-0.2, 0) is 9.47 Å². The van der Waals surface area contributed by atoms with Gasteiger partial charge >= 0.3 is 0 Å². The van der Waals surface area contributed by atoms with Gasteiger partial charge in [0.05, 0.1) is 0 Å². The molecule has 6 heavy (non-hydrogen) atoms. The minimum atomic E-state index is 0.332. The van der Waals surface area contributed by atoms with Gasteiger partial charge in [-0.05, 0) is 0 Å². The lowest BCUT2D eigenvalue weighted by atomic mass is 10.7. The van der Waals surface area contributed by atoms with Crippen molar-refractivity contribution in [2.75, 3.05) is 6.79 Å². The molecule has 0 spiro atoms. The Morgan fingerprint density at radius 3 is 2.83 bits per heavy atom. The van der Waals surface area contributed by atoms with Crippen LogP contribution in [0.4, 0.5) is 0 Å². The van der Waals surface area contributed by atoms with Crippen LogP contribution in [-0.4, -0.2) is 6.79 Å². The molecule has 1 rings (SSSR count). The Balaban J connectivity index is 2.45. The summed E-state index contributed by atoms with van der Waals surface area (Å²) in [7, 11) is 0. The molecule has 0 aliphatic carbocycles. The zero-order chi connectivity index (χ0) is 4.41. The molecular formula is C4H5O2. The van der Waals surface area contributed by atoms with Crippen LogP contribution in [0.1, 0.15) is 0 Å². The van der Waals surface area contributed by atoms with Crippen LogP contribution in [0, 0.1) is 6.92 Å². The van der Waals surface area contributed by atoms with E-state index in [4.69, 9.17) is 0 Å². The van der Waals surface area contributed by atoms with Gasteiger partial charge in [0.25, 0.3) is 0 Å². The zero-order valence-electron chi connectivity index (χ0n) is 3.31. The first kappa shape index (κ1) is 3.53. The van der Waals surface area contributed by atoms with Crippen molar-refractivity contribution in [1.29, 1.82) is 0 Å². The van der Waals surface area contributed by atoms with E-state index in [0.717, 1.165) is 0 Å². The highest BCUT2D eigenvalue weighted by atomic mass is 16.7. The molecule has 0 N–H and O–H groups in total. The number of hydrogen-bond donors (Lipinski definition) is 0. The van der Waals surface area contributed by atoms with E-state index in [2.05, 4.69) is 16.4 Å². The van der Waals surface area contributed by atoms with E-state index >= 15 is 0 Å². The van der Waals surface area contributed by atoms with Crippen molar-refractivity contribution in [3.63, 3.8) is 0 Å². The Bertz CT molecular complexity index is 75.6. The molecule has 0 bridgehead atoms. The van der Waals surface area contributed by atoms with Crippen molar-refractivity contribution in [3.8, 4) is 0 Å². The Kier molecular flexibility index (Phi) is 0.708. The molecule has 1 heterocycles. The first-order valence-electron chi connectivity index (χ1n) is 1.66. The fourth-order valence-electron chi connectivity index (χ4n) is 0.271. The van der Waals surface area contributed by atoms with Gasteiger partial charge in [-0.15, -0.1) is 0 Å². The second-order valence-electron chi connectivity index (χ2n) is 1.01. The number of rotatable bonds is 0. The highest BCUT2D eigenvalue weighted by Gasteiger charge is 1.95. The van der Waals surface area contributed by atoms with Crippen molar-refractivity contribution in [2.45, 2.75) is 0 Å². The maximum Gasteiger partial charge on any atom is 0.229 e. The number of allylic oxidation sites excluding steroid dienone is 1. The molecule has 0 atom stereocenters. The SMILES string of the molecule is [CH2]C1=COCO1. The third-order valence-corrected chi connectivity index (χ3v) is 0.527. The third-order valence-electron chi connectivity index (χ3n) is 0.527. The Hall–Kier alpha value is -0.660. The highest BCUT2D eigenvalue weighted by Crippen LogP contribution is 2.01. The summed E-state index contributed by atoms with van der Waals surface area (Å²) in [5.41, 5.74) is 0. The predicted molar refractivity (Wildman–Crippen MR) is 20.5 cm³/mol. The van der Waals surface area contributed by atoms with Crippen LogP contribution < -0.4 is 0 Å². The minimum Gasteiger partial charge on any atom is -0.462 e. The zero-order valence-corrected chi connectivity index (χ0v) is 3.31. The van der Waals surface area contributed by atoms with E-state index in [1.165, 1.54) is 6.26 Å². The molecule has 2 nitrogen and oxygen atoms in total. The van der Waals surface area contributed by atoms with Crippen molar-refractivity contribution in [3.05, 3.63) is 18.9 Å². The summed E-state index contributed by atoms with van der Waals surface area (Å²) >= 11 is 0. The number of ether oxygens (including phenoxy) is 2. The largest absolute Gasteiger partial charge is 0.462 e. The molecule has 33 valence electrons. The Morgan fingerprint density at radius 1 is 1.83 bits per heavy atom. The predicted octanol–water partition coefficient (Wildman–Crippen LogP) is 0.666. The van der Waals surface area contributed by atoms with Gasteiger partial charge in [-0.1, -0.05) is 0 Å². The molecule has 0 aromatic heterocycles. The average Bonchev–Trinajstić information content (AvgIpc) is 1.86. The van der Waals surface area contributed by atoms with Crippen molar-refractivity contribution < 1.29 is 9.47 Å². The van der Waals surface area contributed by atoms with Crippen LogP contribution in [0.25, 0.3) is 0 Å². The molecule has 1 aliphatic rings. The van der Waals surface area contributed by atoms with E-state index < -0.39 is 0 Å². The summed E-state index contributed by atoms with van der Waals surface area (Å²) in [5, 5.41) is 0. The van der Waals surface area contributed by atoms with Crippen LogP contribution in [0.3, 0.4) is 0 Å². The van der Waals surface area contributed by atoms with E-state index in [9.17, 15) is 0 Å². The van der Waals surface area contributed by atoms with Gasteiger partial charge in [-0.3, -0.25) is 0 Å². The lowest BCUT2D eigenvalue weighted by molar-refractivity contribution is 0.0842. The van der Waals surface area contributed by atoms with Gasteiger partial charge in [-0.25, -0.2) is 0 Å². The van der Waals surface area contributed by atoms with Crippen LogP contribution >= 0.6 is 0 Å². The Labute approximate surface area is 36.4 Å². The second kappa shape index (κ2) is 1.20. The quantitative estimate of drug-likeness (QED) is 0.430. The van der Waals surface area contributed by atoms with Gasteiger partial charge in [-0.2, -0.15) is 0 Å². The van der Waals surface area contributed by atoms with Crippen LogP contribution in [0.5, 0.6) is 0 Å². The van der Waals surface area contributed by atoms with E-state index in [0.29, 0.717) is 12.6 Å². The molecule has 0 unspecified atom stereocenters. The summed E-state index contributed by atoms with van der Waals surface area (Å²) < 4.78 is 9.29. The van der Waals surface area contributed by atoms with Crippen LogP contribution in [0.15, 0.2) is 12.0 Å². The molecule has 0 aromatic rings. The van der Waals surface area contributed by atoms with Gasteiger partial charge in [0.15, 0.2) is 0 Å². The lowest BCUT2D eigenvalue weighted by Gasteiger charge is -1.86. The maximum absolute atomic E-state index is 4.68. The maximum atomic E-state index is 4.68. The van der Waals surface area contributed by atoms with Gasteiger partial charge in [0.1, 0.15) is 12.0 Å². The molecule has 0 saturated heterocycles. The standard InChI is InChI=1S/C4H5O2/c1-4-2-5-3-6-4/h2H,1,3H2. The molecule has 1 radical (unpaired) electrons. The van der Waals surface area contributed by atoms with Crippen molar-refractivity contribution in [2.24, 2.45) is 0 Å². The summed E-state index contributed by atoms with van der Waals surface area (Å²) in [6.45, 7) is 3.78. The van der Waals surface area contributed by atoms with E-state index in [1.54, 1.807) is 0 Å². The summed E-state index contributed by atoms with van der Waals surface area (Å²) in [6, 6.07) is 0. The monoisotopic (exact) mass is 85.0 g/mol. The molecular weight excluding hydrogens is 80.0 g/mol. The Morgan fingerprint density at radius 2 is 2.67 bits per heavy atom. The van der Waals surface area contributed by atoms with E-state index in [-0.39, 0.29) is 0 Å². The number of hydrogen-bond acceptors (Lipinski definition) is 2. The smallest absolute Gasteiger partial charge is 0.229 e. The second-order valence-corrected chi connectivity index (χ2v) is 1.01. The third kappa shape index (κ3) is 0.455. The van der Waals surface area contributed by atoms with E-state index in [1.807, 2.05) is 0 Å². The molecule has 0 saturated carbocycles. The molecule has 1 aliphatic heterocycles. The van der Waals surface area contributed by atoms with Crippen molar-refractivity contribution >= 4 is 0 Å². The molecule has 2 heteroatoms. The summed E-state index contributed by atoms with van der Waals surface area (Å²) in [6.07, 6.45) is 1.49. The highest BCUT2D eigenvalue weighted by molar-refractivity contribution is 4.92. The fourth-order valence-corrected chi connectivity index (χ4v) is 0.271. The molecule has 0 amide bonds. The first-order chi connectivity index (χ1) is 2.89. The summed E-state index contributed by atoms with van der Waals surface area (Å²) in [5.74, 6) is 0.606. The van der Waals surface area contributed by atoms with Gasteiger partial charge < -0.3 is 9.47 Å². The molecule has 0 fully saturated rings. The van der Waals surface area contributed by atoms with Gasteiger partial charge in [0, 0.05) is 6.92 Å². The lowest BCUT2D eigenvalue weighted by Crippen LogP contribution is -1.79. The minimum absolute atomic E-state index is 0.332.